The molecule has 0 aliphatic carbocycles. The Morgan fingerprint density at radius 3 is 2.68 bits per heavy atom. The fraction of sp³-hybridized carbons (Fsp3) is 0.867. The first-order valence-corrected chi connectivity index (χ1v) is 7.83. The van der Waals surface area contributed by atoms with E-state index in [9.17, 15) is 9.59 Å². The van der Waals surface area contributed by atoms with E-state index in [0.29, 0.717) is 19.1 Å². The molecule has 1 fully saturated rings. The Balaban J connectivity index is 2.30. The van der Waals surface area contributed by atoms with E-state index in [2.05, 4.69) is 24.1 Å². The molecule has 1 heterocycles. The Labute approximate surface area is 132 Å². The zero-order valence-electron chi connectivity index (χ0n) is 14.0. The zero-order chi connectivity index (χ0) is 16.7. The van der Waals surface area contributed by atoms with Crippen molar-refractivity contribution in [3.63, 3.8) is 0 Å². The van der Waals surface area contributed by atoms with Crippen molar-refractivity contribution in [2.75, 3.05) is 46.4 Å². The summed E-state index contributed by atoms with van der Waals surface area (Å²) in [6.07, 6.45) is -0.00125. The number of carbonyl (C=O) groups excluding carboxylic acids is 1. The van der Waals surface area contributed by atoms with Gasteiger partial charge in [-0.1, -0.05) is 13.8 Å². The summed E-state index contributed by atoms with van der Waals surface area (Å²) in [6.45, 7) is 9.93. The lowest BCUT2D eigenvalue weighted by Crippen LogP contribution is -2.50. The van der Waals surface area contributed by atoms with Crippen molar-refractivity contribution in [2.24, 2.45) is 5.92 Å². The normalized spacial score (nSPS) is 21.1. The van der Waals surface area contributed by atoms with Crippen LogP contribution in [0, 0.1) is 5.92 Å². The molecule has 22 heavy (non-hydrogen) atoms. The maximum atomic E-state index is 11.9. The molecule has 0 bridgehead atoms. The molecule has 0 saturated carbocycles. The van der Waals surface area contributed by atoms with Crippen LogP contribution in [-0.4, -0.2) is 85.3 Å². The molecule has 0 aromatic rings. The van der Waals surface area contributed by atoms with Crippen LogP contribution in [0.5, 0.6) is 0 Å². The van der Waals surface area contributed by atoms with Crippen LogP contribution >= 0.6 is 0 Å². The van der Waals surface area contributed by atoms with Gasteiger partial charge < -0.3 is 15.2 Å². The van der Waals surface area contributed by atoms with Crippen LogP contribution in [0.2, 0.25) is 0 Å². The lowest BCUT2D eigenvalue weighted by Gasteiger charge is -2.34. The largest absolute Gasteiger partial charge is 0.480 e. The predicted octanol–water partition coefficient (Wildman–Crippen LogP) is -0.136. The first kappa shape index (κ1) is 18.9. The van der Waals surface area contributed by atoms with Crippen molar-refractivity contribution in [2.45, 2.75) is 32.9 Å². The third-order valence-electron chi connectivity index (χ3n) is 3.78. The standard InChI is InChI=1S/C15H29N3O4/c1-11(2)8-18-5-6-22-13(9-18)7-16-14(19)10-17(4)12(3)15(20)21/h11-13H,5-10H2,1-4H3,(H,16,19)(H,20,21). The van der Waals surface area contributed by atoms with Gasteiger partial charge in [0, 0.05) is 26.2 Å². The smallest absolute Gasteiger partial charge is 0.320 e. The number of carboxylic acid groups (broad SMARTS) is 1. The second kappa shape index (κ2) is 9.07. The quantitative estimate of drug-likeness (QED) is 0.649. The van der Waals surface area contributed by atoms with Crippen LogP contribution in [0.1, 0.15) is 20.8 Å². The lowest BCUT2D eigenvalue weighted by molar-refractivity contribution is -0.142. The highest BCUT2D eigenvalue weighted by atomic mass is 16.5. The van der Waals surface area contributed by atoms with E-state index in [0.717, 1.165) is 19.6 Å². The molecular formula is C15H29N3O4. The number of nitrogens with one attached hydrogen (secondary N) is 1. The van der Waals surface area contributed by atoms with Gasteiger partial charge in [0.25, 0.3) is 0 Å². The van der Waals surface area contributed by atoms with Crippen molar-refractivity contribution >= 4 is 11.9 Å². The van der Waals surface area contributed by atoms with Crippen LogP contribution in [0.4, 0.5) is 0 Å². The van der Waals surface area contributed by atoms with Crippen LogP contribution < -0.4 is 5.32 Å². The summed E-state index contributed by atoms with van der Waals surface area (Å²) < 4.78 is 5.67. The Morgan fingerprint density at radius 1 is 1.41 bits per heavy atom. The van der Waals surface area contributed by atoms with E-state index in [1.54, 1.807) is 14.0 Å². The average Bonchev–Trinajstić information content (AvgIpc) is 2.43. The van der Waals surface area contributed by atoms with Gasteiger partial charge in [-0.05, 0) is 19.9 Å². The summed E-state index contributed by atoms with van der Waals surface area (Å²) in [5, 5.41) is 11.7. The number of rotatable bonds is 8. The summed E-state index contributed by atoms with van der Waals surface area (Å²) >= 11 is 0. The summed E-state index contributed by atoms with van der Waals surface area (Å²) in [5.74, 6) is -0.505. The molecule has 1 amide bonds. The SMILES string of the molecule is CC(C)CN1CCOC(CNC(=O)CN(C)C(C)C(=O)O)C1. The van der Waals surface area contributed by atoms with Gasteiger partial charge in [0.05, 0.1) is 19.3 Å². The highest BCUT2D eigenvalue weighted by Crippen LogP contribution is 2.07. The maximum Gasteiger partial charge on any atom is 0.320 e. The molecule has 2 N–H and O–H groups in total. The Hall–Kier alpha value is -1.18. The number of hydrogen-bond acceptors (Lipinski definition) is 5. The first-order chi connectivity index (χ1) is 10.3. The van der Waals surface area contributed by atoms with Crippen LogP contribution in [0.3, 0.4) is 0 Å². The number of amides is 1. The summed E-state index contributed by atoms with van der Waals surface area (Å²) in [5.41, 5.74) is 0. The van der Waals surface area contributed by atoms with E-state index < -0.39 is 12.0 Å². The molecule has 0 spiro atoms. The van der Waals surface area contributed by atoms with E-state index in [-0.39, 0.29) is 18.6 Å². The molecule has 1 aliphatic rings. The van der Waals surface area contributed by atoms with Crippen LogP contribution in [0.15, 0.2) is 0 Å². The highest BCUT2D eigenvalue weighted by molar-refractivity contribution is 5.79. The number of aliphatic carboxylic acids is 1. The van der Waals surface area contributed by atoms with Gasteiger partial charge in [0.1, 0.15) is 6.04 Å². The molecule has 2 unspecified atom stereocenters. The number of morpholine rings is 1. The average molecular weight is 315 g/mol. The number of nitrogens with zero attached hydrogens (tertiary/aromatic N) is 2. The van der Waals surface area contributed by atoms with Crippen molar-refractivity contribution in [3.05, 3.63) is 0 Å². The van der Waals surface area contributed by atoms with Gasteiger partial charge in [-0.3, -0.25) is 19.4 Å². The van der Waals surface area contributed by atoms with E-state index >= 15 is 0 Å². The van der Waals surface area contributed by atoms with E-state index in [4.69, 9.17) is 9.84 Å². The molecule has 0 aromatic carbocycles. The van der Waals surface area contributed by atoms with Gasteiger partial charge in [0.15, 0.2) is 0 Å². The van der Waals surface area contributed by atoms with Crippen LogP contribution in [-0.2, 0) is 14.3 Å². The van der Waals surface area contributed by atoms with Gasteiger partial charge >= 0.3 is 5.97 Å². The summed E-state index contributed by atoms with van der Waals surface area (Å²) in [7, 11) is 1.62. The number of carbonyl (C=O) groups is 2. The zero-order valence-corrected chi connectivity index (χ0v) is 14.0. The van der Waals surface area contributed by atoms with Crippen molar-refractivity contribution < 1.29 is 19.4 Å². The highest BCUT2D eigenvalue weighted by Gasteiger charge is 2.23. The number of likely N-dealkylation sites (N-methyl/N-ethyl adjacent to an activating group) is 1. The lowest BCUT2D eigenvalue weighted by atomic mass is 10.2. The number of hydrogen-bond donors (Lipinski definition) is 2. The maximum absolute atomic E-state index is 11.9. The molecule has 128 valence electrons. The third kappa shape index (κ3) is 6.72. The Kier molecular flexibility index (Phi) is 7.78. The molecule has 0 radical (unpaired) electrons. The summed E-state index contributed by atoms with van der Waals surface area (Å²) in [6, 6.07) is -0.682. The van der Waals surface area contributed by atoms with Gasteiger partial charge in [-0.15, -0.1) is 0 Å². The third-order valence-corrected chi connectivity index (χ3v) is 3.78. The Morgan fingerprint density at radius 2 is 2.09 bits per heavy atom. The van der Waals surface area contributed by atoms with Gasteiger partial charge in [0.2, 0.25) is 5.91 Å². The molecule has 0 aromatic heterocycles. The molecule has 1 aliphatic heterocycles. The van der Waals surface area contributed by atoms with E-state index in [1.807, 2.05) is 0 Å². The minimum absolute atomic E-state index is 0.00125. The topological polar surface area (TPSA) is 82.1 Å². The second-order valence-corrected chi connectivity index (χ2v) is 6.38. The van der Waals surface area contributed by atoms with Gasteiger partial charge in [-0.2, -0.15) is 0 Å². The first-order valence-electron chi connectivity index (χ1n) is 7.83. The Bertz CT molecular complexity index is 376. The van der Waals surface area contributed by atoms with E-state index in [1.165, 1.54) is 4.90 Å². The molecule has 7 heteroatoms. The summed E-state index contributed by atoms with van der Waals surface area (Å²) in [4.78, 5) is 26.6. The number of ether oxygens (including phenoxy) is 1. The molecule has 1 saturated heterocycles. The number of carboxylic acids is 1. The van der Waals surface area contributed by atoms with Gasteiger partial charge in [-0.25, -0.2) is 0 Å². The fourth-order valence-electron chi connectivity index (χ4n) is 2.42. The second-order valence-electron chi connectivity index (χ2n) is 6.38. The van der Waals surface area contributed by atoms with Crippen LogP contribution in [0.25, 0.3) is 0 Å². The predicted molar refractivity (Wildman–Crippen MR) is 83.8 cm³/mol. The monoisotopic (exact) mass is 315 g/mol. The minimum Gasteiger partial charge on any atom is -0.480 e. The van der Waals surface area contributed by atoms with Crippen molar-refractivity contribution in [1.82, 2.24) is 15.1 Å². The minimum atomic E-state index is -0.935. The molecule has 7 nitrogen and oxygen atoms in total. The van der Waals surface area contributed by atoms with Crippen molar-refractivity contribution in [1.29, 1.82) is 0 Å². The molecule has 1 rings (SSSR count). The van der Waals surface area contributed by atoms with Crippen molar-refractivity contribution in [3.8, 4) is 0 Å². The molecule has 2 atom stereocenters. The molecular weight excluding hydrogens is 286 g/mol. The fourth-order valence-corrected chi connectivity index (χ4v) is 2.42.